The number of nitrogens with one attached hydrogen (secondary N) is 1. The molecule has 1 heterocycles. The molecule has 4 aromatic rings. The predicted molar refractivity (Wildman–Crippen MR) is 146 cm³/mol. The van der Waals surface area contributed by atoms with E-state index in [2.05, 4.69) is 77.0 Å². The number of nitrogens with zero attached hydrogens (tertiary/aromatic N) is 1. The van der Waals surface area contributed by atoms with Crippen LogP contribution in [0.15, 0.2) is 127 Å². The molecule has 0 aliphatic carbocycles. The monoisotopic (exact) mass is 456 g/mol. The van der Waals surface area contributed by atoms with Gasteiger partial charge in [0.1, 0.15) is 0 Å². The molecular formula is C32H28N2O. The minimum atomic E-state index is -0.871. The van der Waals surface area contributed by atoms with Crippen LogP contribution in [0.2, 0.25) is 0 Å². The number of hydrogen-bond donors (Lipinski definition) is 1. The number of benzene rings is 4. The molecule has 1 amide bonds. The molecule has 1 unspecified atom stereocenters. The van der Waals surface area contributed by atoms with Crippen LogP contribution in [0.1, 0.15) is 23.1 Å². The van der Waals surface area contributed by atoms with Gasteiger partial charge in [-0.1, -0.05) is 121 Å². The molecule has 3 heteroatoms. The quantitative estimate of drug-likeness (QED) is 0.305. The second-order valence-corrected chi connectivity index (χ2v) is 8.64. The number of rotatable bonds is 8. The van der Waals surface area contributed by atoms with Crippen molar-refractivity contribution in [1.29, 1.82) is 0 Å². The zero-order valence-corrected chi connectivity index (χ0v) is 19.5. The summed E-state index contributed by atoms with van der Waals surface area (Å²) < 4.78 is 0. The fraction of sp³-hybridized carbons (Fsp3) is 0.0938. The smallest absolute Gasteiger partial charge is 0.255 e. The highest BCUT2D eigenvalue weighted by Crippen LogP contribution is 2.45. The number of carbonyl (C=O) groups excluding carboxylic acids is 1. The first-order valence-corrected chi connectivity index (χ1v) is 11.9. The fourth-order valence-electron chi connectivity index (χ4n) is 4.76. The van der Waals surface area contributed by atoms with Crippen molar-refractivity contribution in [2.75, 3.05) is 16.8 Å². The van der Waals surface area contributed by atoms with Gasteiger partial charge in [0, 0.05) is 29.9 Å². The first kappa shape index (κ1) is 22.4. The van der Waals surface area contributed by atoms with E-state index in [1.807, 2.05) is 72.8 Å². The predicted octanol–water partition coefficient (Wildman–Crippen LogP) is 7.16. The first-order valence-electron chi connectivity index (χ1n) is 11.9. The maximum atomic E-state index is 13.8. The van der Waals surface area contributed by atoms with Gasteiger partial charge in [0.25, 0.3) is 5.91 Å². The van der Waals surface area contributed by atoms with Gasteiger partial charge in [-0.3, -0.25) is 4.79 Å². The Balaban J connectivity index is 1.58. The molecule has 172 valence electrons. The lowest BCUT2D eigenvalue weighted by molar-refractivity contribution is -0.120. The standard InChI is InChI=1S/C32H28N2O/c35-31-32(29-22-10-11-23-30(29)33-31,24-12-18-26-14-4-1-5-15-26)34(28-20-8-3-9-21-28)25-13-19-27-16-6-2-7-17-27/h1-23H,24-25H2,(H,33,35)/b18-12+,19-13+. The van der Waals surface area contributed by atoms with Crippen LogP contribution in [0.25, 0.3) is 12.2 Å². The zero-order chi connectivity index (χ0) is 23.9. The second kappa shape index (κ2) is 10.3. The van der Waals surface area contributed by atoms with E-state index in [0.29, 0.717) is 13.0 Å². The van der Waals surface area contributed by atoms with Gasteiger partial charge >= 0.3 is 0 Å². The minimum absolute atomic E-state index is 0.00613. The summed E-state index contributed by atoms with van der Waals surface area (Å²) in [6.07, 6.45) is 9.01. The molecule has 4 aromatic carbocycles. The van der Waals surface area contributed by atoms with Gasteiger partial charge in [-0.05, 0) is 29.3 Å². The number of carbonyl (C=O) groups is 1. The topological polar surface area (TPSA) is 32.3 Å². The summed E-state index contributed by atoms with van der Waals surface area (Å²) in [6.45, 7) is 0.583. The van der Waals surface area contributed by atoms with Gasteiger partial charge in [-0.15, -0.1) is 0 Å². The molecule has 1 aliphatic heterocycles. The third-order valence-electron chi connectivity index (χ3n) is 6.45. The molecule has 0 saturated carbocycles. The fourth-order valence-corrected chi connectivity index (χ4v) is 4.76. The van der Waals surface area contributed by atoms with Gasteiger partial charge in [0.05, 0.1) is 0 Å². The molecule has 0 spiro atoms. The largest absolute Gasteiger partial charge is 0.349 e. The molecule has 0 radical (unpaired) electrons. The van der Waals surface area contributed by atoms with Crippen LogP contribution in [-0.4, -0.2) is 12.5 Å². The number of anilines is 2. The average Bonchev–Trinajstić information content (AvgIpc) is 3.20. The van der Waals surface area contributed by atoms with E-state index in [4.69, 9.17) is 0 Å². The Morgan fingerprint density at radius 1 is 0.657 bits per heavy atom. The SMILES string of the molecule is O=C1Nc2ccccc2C1(C/C=C/c1ccccc1)N(C/C=C/c1ccccc1)c1ccccc1. The Labute approximate surface area is 207 Å². The molecule has 3 nitrogen and oxygen atoms in total. The molecule has 1 N–H and O–H groups in total. The van der Waals surface area contributed by atoms with Crippen molar-refractivity contribution >= 4 is 29.4 Å². The van der Waals surface area contributed by atoms with Crippen LogP contribution >= 0.6 is 0 Å². The lowest BCUT2D eigenvalue weighted by Gasteiger charge is -2.40. The van der Waals surface area contributed by atoms with Crippen LogP contribution in [0.4, 0.5) is 11.4 Å². The first-order chi connectivity index (χ1) is 17.3. The third kappa shape index (κ3) is 4.67. The van der Waals surface area contributed by atoms with E-state index < -0.39 is 5.54 Å². The molecule has 0 fully saturated rings. The highest BCUT2D eigenvalue weighted by atomic mass is 16.2. The Bertz CT molecular complexity index is 1330. The average molecular weight is 457 g/mol. The van der Waals surface area contributed by atoms with E-state index in [1.54, 1.807) is 0 Å². The minimum Gasteiger partial charge on any atom is -0.349 e. The molecular weight excluding hydrogens is 428 g/mol. The Kier molecular flexibility index (Phi) is 6.58. The van der Waals surface area contributed by atoms with Gasteiger partial charge in [-0.25, -0.2) is 0 Å². The highest BCUT2D eigenvalue weighted by Gasteiger charge is 2.50. The van der Waals surface area contributed by atoms with Crippen molar-refractivity contribution in [2.45, 2.75) is 12.0 Å². The Hall–Kier alpha value is -4.37. The van der Waals surface area contributed by atoms with E-state index in [-0.39, 0.29) is 5.91 Å². The lowest BCUT2D eigenvalue weighted by atomic mass is 9.84. The molecule has 0 aromatic heterocycles. The number of amides is 1. The van der Waals surface area contributed by atoms with Gasteiger partial charge < -0.3 is 10.2 Å². The Morgan fingerprint density at radius 2 is 1.20 bits per heavy atom. The van der Waals surface area contributed by atoms with E-state index >= 15 is 0 Å². The van der Waals surface area contributed by atoms with Crippen LogP contribution in [-0.2, 0) is 10.3 Å². The maximum Gasteiger partial charge on any atom is 0.255 e. The van der Waals surface area contributed by atoms with Crippen molar-refractivity contribution in [1.82, 2.24) is 0 Å². The molecule has 5 rings (SSSR count). The zero-order valence-electron chi connectivity index (χ0n) is 19.5. The summed E-state index contributed by atoms with van der Waals surface area (Å²) in [5.41, 5.74) is 4.26. The van der Waals surface area contributed by atoms with Crippen molar-refractivity contribution in [3.63, 3.8) is 0 Å². The Morgan fingerprint density at radius 3 is 1.86 bits per heavy atom. The van der Waals surface area contributed by atoms with Crippen molar-refractivity contribution in [3.05, 3.63) is 144 Å². The summed E-state index contributed by atoms with van der Waals surface area (Å²) in [7, 11) is 0. The van der Waals surface area contributed by atoms with Crippen LogP contribution in [0, 0.1) is 0 Å². The highest BCUT2D eigenvalue weighted by molar-refractivity contribution is 6.08. The summed E-state index contributed by atoms with van der Waals surface area (Å²) in [4.78, 5) is 16.1. The van der Waals surface area contributed by atoms with E-state index in [0.717, 1.165) is 28.1 Å². The van der Waals surface area contributed by atoms with Crippen molar-refractivity contribution in [3.8, 4) is 0 Å². The van der Waals surface area contributed by atoms with Crippen molar-refractivity contribution < 1.29 is 4.79 Å². The lowest BCUT2D eigenvalue weighted by Crippen LogP contribution is -2.51. The summed E-state index contributed by atoms with van der Waals surface area (Å²) in [5, 5.41) is 3.16. The van der Waals surface area contributed by atoms with Gasteiger partial charge in [0.2, 0.25) is 0 Å². The van der Waals surface area contributed by atoms with E-state index in [1.165, 1.54) is 0 Å². The summed E-state index contributed by atoms with van der Waals surface area (Å²) in [6, 6.07) is 38.7. The van der Waals surface area contributed by atoms with Gasteiger partial charge in [-0.2, -0.15) is 0 Å². The molecule has 35 heavy (non-hydrogen) atoms. The number of hydrogen-bond acceptors (Lipinski definition) is 2. The normalized spacial score (nSPS) is 17.0. The van der Waals surface area contributed by atoms with E-state index in [9.17, 15) is 4.79 Å². The van der Waals surface area contributed by atoms with Gasteiger partial charge in [0.15, 0.2) is 5.54 Å². The molecule has 0 bridgehead atoms. The number of para-hydroxylation sites is 2. The third-order valence-corrected chi connectivity index (χ3v) is 6.45. The molecule has 1 aliphatic rings. The van der Waals surface area contributed by atoms with Crippen LogP contribution in [0.5, 0.6) is 0 Å². The van der Waals surface area contributed by atoms with Crippen LogP contribution in [0.3, 0.4) is 0 Å². The van der Waals surface area contributed by atoms with Crippen molar-refractivity contribution in [2.24, 2.45) is 0 Å². The summed E-state index contributed by atoms with van der Waals surface area (Å²) >= 11 is 0. The molecule has 1 atom stereocenters. The second-order valence-electron chi connectivity index (χ2n) is 8.64. The maximum absolute atomic E-state index is 13.8. The number of fused-ring (bicyclic) bond motifs is 1. The summed E-state index contributed by atoms with van der Waals surface area (Å²) in [5.74, 6) is -0.00613. The molecule has 0 saturated heterocycles. The van der Waals surface area contributed by atoms with Crippen LogP contribution < -0.4 is 10.2 Å².